The summed E-state index contributed by atoms with van der Waals surface area (Å²) < 4.78 is 0. The highest BCUT2D eigenvalue weighted by atomic mass is 15.3. The van der Waals surface area contributed by atoms with Crippen LogP contribution in [0.25, 0.3) is 0 Å². The van der Waals surface area contributed by atoms with Crippen LogP contribution in [0.5, 0.6) is 0 Å². The van der Waals surface area contributed by atoms with Gasteiger partial charge in [-0.05, 0) is 26.4 Å². The summed E-state index contributed by atoms with van der Waals surface area (Å²) >= 11 is 0. The highest BCUT2D eigenvalue weighted by Gasteiger charge is 2.24. The molecule has 1 heterocycles. The smallest absolute Gasteiger partial charge is 0.0507 e. The van der Waals surface area contributed by atoms with E-state index in [4.69, 9.17) is 0 Å². The van der Waals surface area contributed by atoms with Gasteiger partial charge in [-0.2, -0.15) is 0 Å². The molecule has 1 saturated heterocycles. The quantitative estimate of drug-likeness (QED) is 0.746. The monoisotopic (exact) mass is 241 g/mol. The molecule has 1 saturated carbocycles. The Morgan fingerprint density at radius 2 is 1.53 bits per heavy atom. The molecular weight excluding hydrogens is 210 g/mol. The van der Waals surface area contributed by atoms with Crippen molar-refractivity contribution in [1.82, 2.24) is 14.7 Å². The molecule has 1 aliphatic heterocycles. The zero-order valence-electron chi connectivity index (χ0n) is 12.3. The summed E-state index contributed by atoms with van der Waals surface area (Å²) in [5.74, 6) is 0. The molecule has 2 rings (SSSR count). The molecule has 0 radical (unpaired) electrons. The summed E-state index contributed by atoms with van der Waals surface area (Å²) in [4.78, 5) is 7.69. The highest BCUT2D eigenvalue weighted by molar-refractivity contribution is 4.79. The van der Waals surface area contributed by atoms with Crippen molar-refractivity contribution < 1.29 is 0 Å². The maximum absolute atomic E-state index is 2.60. The van der Waals surface area contributed by atoms with Gasteiger partial charge in [-0.25, -0.2) is 0 Å². The summed E-state index contributed by atoms with van der Waals surface area (Å²) in [7, 11) is 2.29. The number of rotatable bonds is 4. The molecule has 0 amide bonds. The molecule has 0 aromatic rings. The van der Waals surface area contributed by atoms with Gasteiger partial charge < -0.3 is 4.90 Å². The average Bonchev–Trinajstić information content (AvgIpc) is 2.30. The minimum Gasteiger partial charge on any atom is -0.301 e. The van der Waals surface area contributed by atoms with Gasteiger partial charge in [-0.3, -0.25) is 9.80 Å². The van der Waals surface area contributed by atoms with Crippen molar-refractivity contribution in [2.24, 2.45) is 0 Å². The second-order valence-corrected chi connectivity index (χ2v) is 5.04. The number of hydrogen-bond acceptors (Lipinski definition) is 3. The minimum atomic E-state index is 0.884. The second kappa shape index (κ2) is 8.06. The van der Waals surface area contributed by atoms with E-state index in [0.29, 0.717) is 0 Å². The predicted octanol–water partition coefficient (Wildman–Crippen LogP) is 2.09. The second-order valence-electron chi connectivity index (χ2n) is 5.04. The van der Waals surface area contributed by atoms with Crippen LogP contribution < -0.4 is 0 Å². The molecular formula is C14H31N3. The molecule has 1 aliphatic carbocycles. The SMILES string of the molecule is CC.CCN1CCN(CN(C)C2CCC2)CC1. The number of piperazine rings is 1. The minimum absolute atomic E-state index is 0.884. The van der Waals surface area contributed by atoms with Gasteiger partial charge in [0.15, 0.2) is 0 Å². The predicted molar refractivity (Wildman–Crippen MR) is 75.3 cm³/mol. The van der Waals surface area contributed by atoms with E-state index in [2.05, 4.69) is 28.7 Å². The molecule has 0 aromatic carbocycles. The Balaban J connectivity index is 0.000000686. The van der Waals surface area contributed by atoms with Crippen molar-refractivity contribution in [2.45, 2.75) is 46.1 Å². The van der Waals surface area contributed by atoms with Gasteiger partial charge >= 0.3 is 0 Å². The van der Waals surface area contributed by atoms with Gasteiger partial charge in [0.1, 0.15) is 0 Å². The molecule has 0 bridgehead atoms. The summed E-state index contributed by atoms with van der Waals surface area (Å²) in [5.41, 5.74) is 0. The third-order valence-corrected chi connectivity index (χ3v) is 4.03. The van der Waals surface area contributed by atoms with Crippen molar-refractivity contribution in [1.29, 1.82) is 0 Å². The Hall–Kier alpha value is -0.120. The zero-order chi connectivity index (χ0) is 12.7. The van der Waals surface area contributed by atoms with Crippen LogP contribution >= 0.6 is 0 Å². The fourth-order valence-electron chi connectivity index (χ4n) is 2.51. The number of hydrogen-bond donors (Lipinski definition) is 0. The van der Waals surface area contributed by atoms with Crippen LogP contribution in [0.15, 0.2) is 0 Å². The summed E-state index contributed by atoms with van der Waals surface area (Å²) in [5, 5.41) is 0. The summed E-state index contributed by atoms with van der Waals surface area (Å²) in [6.07, 6.45) is 4.29. The maximum Gasteiger partial charge on any atom is 0.0507 e. The number of likely N-dealkylation sites (N-methyl/N-ethyl adjacent to an activating group) is 1. The zero-order valence-corrected chi connectivity index (χ0v) is 12.3. The third-order valence-electron chi connectivity index (χ3n) is 4.03. The Bertz CT molecular complexity index is 184. The van der Waals surface area contributed by atoms with Gasteiger partial charge in [-0.1, -0.05) is 27.2 Å². The lowest BCUT2D eigenvalue weighted by molar-refractivity contribution is 0.0479. The van der Waals surface area contributed by atoms with Gasteiger partial charge in [-0.15, -0.1) is 0 Å². The van der Waals surface area contributed by atoms with Gasteiger partial charge in [0, 0.05) is 32.2 Å². The molecule has 0 N–H and O–H groups in total. The van der Waals surface area contributed by atoms with Gasteiger partial charge in [0.05, 0.1) is 6.67 Å². The first-order valence-electron chi connectivity index (χ1n) is 7.44. The molecule has 3 nitrogen and oxygen atoms in total. The Morgan fingerprint density at radius 1 is 1.00 bits per heavy atom. The Kier molecular flexibility index (Phi) is 7.09. The molecule has 0 spiro atoms. The number of nitrogens with zero attached hydrogens (tertiary/aromatic N) is 3. The van der Waals surface area contributed by atoms with E-state index in [0.717, 1.165) is 6.04 Å². The first-order valence-corrected chi connectivity index (χ1v) is 7.44. The normalized spacial score (nSPS) is 23.1. The third kappa shape index (κ3) is 4.57. The van der Waals surface area contributed by atoms with E-state index in [1.54, 1.807) is 0 Å². The van der Waals surface area contributed by atoms with Crippen molar-refractivity contribution in [2.75, 3.05) is 46.4 Å². The molecule has 2 fully saturated rings. The molecule has 102 valence electrons. The Morgan fingerprint density at radius 3 is 1.94 bits per heavy atom. The molecule has 0 atom stereocenters. The summed E-state index contributed by atoms with van der Waals surface area (Å²) in [6.45, 7) is 13.7. The first kappa shape index (κ1) is 14.9. The van der Waals surface area contributed by atoms with E-state index < -0.39 is 0 Å². The van der Waals surface area contributed by atoms with E-state index in [1.165, 1.54) is 58.7 Å². The first-order chi connectivity index (χ1) is 8.29. The standard InChI is InChI=1S/C12H25N3.C2H6/c1-3-14-7-9-15(10-8-14)11-13(2)12-5-4-6-12;1-2/h12H,3-11H2,1-2H3;1-2H3. The van der Waals surface area contributed by atoms with Crippen molar-refractivity contribution in [3.8, 4) is 0 Å². The molecule has 2 aliphatic rings. The van der Waals surface area contributed by atoms with E-state index in [-0.39, 0.29) is 0 Å². The van der Waals surface area contributed by atoms with Gasteiger partial charge in [0.25, 0.3) is 0 Å². The van der Waals surface area contributed by atoms with E-state index >= 15 is 0 Å². The average molecular weight is 241 g/mol. The van der Waals surface area contributed by atoms with Crippen molar-refractivity contribution in [3.63, 3.8) is 0 Å². The summed E-state index contributed by atoms with van der Waals surface area (Å²) in [6, 6.07) is 0.884. The van der Waals surface area contributed by atoms with Crippen LogP contribution in [0.4, 0.5) is 0 Å². The van der Waals surface area contributed by atoms with Crippen molar-refractivity contribution in [3.05, 3.63) is 0 Å². The lowest BCUT2D eigenvalue weighted by Gasteiger charge is -2.41. The molecule has 0 unspecified atom stereocenters. The topological polar surface area (TPSA) is 9.72 Å². The molecule has 0 aromatic heterocycles. The largest absolute Gasteiger partial charge is 0.301 e. The lowest BCUT2D eigenvalue weighted by Crippen LogP contribution is -2.51. The fraction of sp³-hybridized carbons (Fsp3) is 1.00. The lowest BCUT2D eigenvalue weighted by atomic mass is 9.92. The van der Waals surface area contributed by atoms with E-state index in [9.17, 15) is 0 Å². The van der Waals surface area contributed by atoms with Crippen molar-refractivity contribution >= 4 is 0 Å². The maximum atomic E-state index is 2.60. The van der Waals surface area contributed by atoms with Crippen LogP contribution in [-0.4, -0.2) is 67.2 Å². The van der Waals surface area contributed by atoms with Crippen LogP contribution in [0, 0.1) is 0 Å². The molecule has 3 heteroatoms. The van der Waals surface area contributed by atoms with Crippen LogP contribution in [0.1, 0.15) is 40.0 Å². The Labute approximate surface area is 108 Å². The van der Waals surface area contributed by atoms with Crippen LogP contribution in [-0.2, 0) is 0 Å². The van der Waals surface area contributed by atoms with E-state index in [1.807, 2.05) is 13.8 Å². The van der Waals surface area contributed by atoms with Crippen LogP contribution in [0.3, 0.4) is 0 Å². The van der Waals surface area contributed by atoms with Crippen LogP contribution in [0.2, 0.25) is 0 Å². The molecule has 17 heavy (non-hydrogen) atoms. The highest BCUT2D eigenvalue weighted by Crippen LogP contribution is 2.23. The van der Waals surface area contributed by atoms with Gasteiger partial charge in [0.2, 0.25) is 0 Å². The fourth-order valence-corrected chi connectivity index (χ4v) is 2.51.